The molecule has 0 amide bonds. The summed E-state index contributed by atoms with van der Waals surface area (Å²) in [5.41, 5.74) is 10.3. The average molecular weight is 563 g/mol. The second-order valence-corrected chi connectivity index (χ2v) is 12.3. The zero-order chi connectivity index (χ0) is 28.3. The maximum absolute atomic E-state index is 2.36. The Balaban J connectivity index is 1.40. The molecule has 1 heteroatoms. The van der Waals surface area contributed by atoms with Gasteiger partial charge in [0.05, 0.1) is 0 Å². The Morgan fingerprint density at radius 3 is 1.67 bits per heavy atom. The van der Waals surface area contributed by atoms with Crippen LogP contribution in [0, 0.1) is 0 Å². The van der Waals surface area contributed by atoms with E-state index in [0.29, 0.717) is 0 Å². The maximum atomic E-state index is 2.36. The monoisotopic (exact) mass is 562 g/mol. The fourth-order valence-corrected chi connectivity index (χ4v) is 8.15. The predicted octanol–water partition coefficient (Wildman–Crippen LogP) is 12.3. The van der Waals surface area contributed by atoms with Crippen LogP contribution in [-0.2, 0) is 0 Å². The van der Waals surface area contributed by atoms with Crippen molar-refractivity contribution in [2.24, 2.45) is 0 Å². The van der Waals surface area contributed by atoms with Crippen LogP contribution < -0.4 is 0 Å². The third-order valence-corrected chi connectivity index (χ3v) is 9.98. The summed E-state index contributed by atoms with van der Waals surface area (Å²) >= 11 is 1.89. The topological polar surface area (TPSA) is 0 Å². The van der Waals surface area contributed by atoms with E-state index in [2.05, 4.69) is 158 Å². The summed E-state index contributed by atoms with van der Waals surface area (Å²) in [5.74, 6) is 0. The third kappa shape index (κ3) is 3.79. The summed E-state index contributed by atoms with van der Waals surface area (Å²) in [6.45, 7) is 0. The first-order chi connectivity index (χ1) is 21.3. The van der Waals surface area contributed by atoms with Crippen LogP contribution in [0.15, 0.2) is 168 Å². The Bertz CT molecular complexity index is 2310. The molecular formula is C42H26S. The van der Waals surface area contributed by atoms with Gasteiger partial charge in [0.15, 0.2) is 0 Å². The van der Waals surface area contributed by atoms with Crippen molar-refractivity contribution in [3.63, 3.8) is 0 Å². The second kappa shape index (κ2) is 9.73. The van der Waals surface area contributed by atoms with Crippen molar-refractivity contribution >= 4 is 44.1 Å². The minimum atomic E-state index is 1.23. The molecule has 0 unspecified atom stereocenters. The highest BCUT2D eigenvalue weighted by Gasteiger charge is 2.25. The van der Waals surface area contributed by atoms with Gasteiger partial charge in [0.25, 0.3) is 0 Å². The summed E-state index contributed by atoms with van der Waals surface area (Å²) < 4.78 is 0. The van der Waals surface area contributed by atoms with E-state index < -0.39 is 0 Å². The molecule has 0 nitrogen and oxygen atoms in total. The van der Waals surface area contributed by atoms with Crippen molar-refractivity contribution in [2.75, 3.05) is 0 Å². The number of fused-ring (bicyclic) bond motifs is 4. The molecule has 0 bridgehead atoms. The normalized spacial score (nSPS) is 12.1. The fraction of sp³-hybridized carbons (Fsp3) is 0. The predicted molar refractivity (Wildman–Crippen MR) is 185 cm³/mol. The van der Waals surface area contributed by atoms with Crippen molar-refractivity contribution in [3.05, 3.63) is 158 Å². The van der Waals surface area contributed by atoms with E-state index in [9.17, 15) is 0 Å². The Labute approximate surface area is 255 Å². The molecule has 1 heterocycles. The van der Waals surface area contributed by atoms with E-state index >= 15 is 0 Å². The highest BCUT2D eigenvalue weighted by molar-refractivity contribution is 7.99. The smallest absolute Gasteiger partial charge is 0.0207 e. The van der Waals surface area contributed by atoms with Gasteiger partial charge in [-0.2, -0.15) is 0 Å². The minimum absolute atomic E-state index is 1.23. The Hall–Kier alpha value is -5.11. The van der Waals surface area contributed by atoms with Gasteiger partial charge in [-0.25, -0.2) is 0 Å². The largest absolute Gasteiger partial charge is 0.0888 e. The van der Waals surface area contributed by atoms with Crippen LogP contribution in [0.4, 0.5) is 0 Å². The average Bonchev–Trinajstić information content (AvgIpc) is 3.08. The quantitative estimate of drug-likeness (QED) is 0.193. The molecule has 200 valence electrons. The van der Waals surface area contributed by atoms with Gasteiger partial charge in [0.2, 0.25) is 0 Å². The molecule has 0 N–H and O–H groups in total. The van der Waals surface area contributed by atoms with Crippen LogP contribution >= 0.6 is 11.8 Å². The Kier molecular flexibility index (Phi) is 5.54. The highest BCUT2D eigenvalue weighted by Crippen LogP contribution is 2.53. The summed E-state index contributed by atoms with van der Waals surface area (Å²) in [7, 11) is 0. The van der Waals surface area contributed by atoms with Gasteiger partial charge >= 0.3 is 0 Å². The van der Waals surface area contributed by atoms with E-state index in [1.807, 2.05) is 11.8 Å². The van der Waals surface area contributed by atoms with Crippen molar-refractivity contribution < 1.29 is 0 Å². The third-order valence-electron chi connectivity index (χ3n) is 8.84. The molecule has 0 aromatic heterocycles. The first kappa shape index (κ1) is 24.5. The van der Waals surface area contributed by atoms with Gasteiger partial charge < -0.3 is 0 Å². The summed E-state index contributed by atoms with van der Waals surface area (Å²) in [6.07, 6.45) is 0. The van der Waals surface area contributed by atoms with Crippen LogP contribution in [0.2, 0.25) is 0 Å². The molecule has 1 aliphatic rings. The van der Waals surface area contributed by atoms with Crippen molar-refractivity contribution in [1.29, 1.82) is 0 Å². The van der Waals surface area contributed by atoms with Crippen molar-refractivity contribution in [2.45, 2.75) is 9.79 Å². The van der Waals surface area contributed by atoms with Gasteiger partial charge in [-0.1, -0.05) is 151 Å². The van der Waals surface area contributed by atoms with E-state index in [0.717, 1.165) is 0 Å². The maximum Gasteiger partial charge on any atom is 0.0207 e. The zero-order valence-electron chi connectivity index (χ0n) is 23.4. The molecule has 0 saturated heterocycles. The molecule has 9 rings (SSSR count). The zero-order valence-corrected chi connectivity index (χ0v) is 24.2. The summed E-state index contributed by atoms with van der Waals surface area (Å²) in [4.78, 5) is 2.65. The summed E-state index contributed by atoms with van der Waals surface area (Å²) in [6, 6.07) is 57.9. The molecule has 43 heavy (non-hydrogen) atoms. The lowest BCUT2D eigenvalue weighted by Crippen LogP contribution is -1.97. The van der Waals surface area contributed by atoms with Crippen molar-refractivity contribution in [1.82, 2.24) is 0 Å². The number of rotatable bonds is 3. The SMILES string of the molecule is c1ccc(-c2cccc(-c3c4ccccc4c(-c4ccc5cccc6c5c4-c4ccccc4S6)c4ccccc34)c2)cc1. The molecule has 0 radical (unpaired) electrons. The molecule has 8 aromatic carbocycles. The first-order valence-electron chi connectivity index (χ1n) is 14.8. The second-order valence-electron chi connectivity index (χ2n) is 11.2. The first-order valence-corrected chi connectivity index (χ1v) is 15.6. The number of hydrogen-bond acceptors (Lipinski definition) is 1. The molecule has 0 saturated carbocycles. The van der Waals surface area contributed by atoms with E-state index in [4.69, 9.17) is 0 Å². The number of benzene rings is 8. The minimum Gasteiger partial charge on any atom is -0.0888 e. The van der Waals surface area contributed by atoms with Gasteiger partial charge in [-0.15, -0.1) is 0 Å². The molecule has 0 spiro atoms. The van der Waals surface area contributed by atoms with Crippen LogP contribution in [0.5, 0.6) is 0 Å². The fourth-order valence-electron chi connectivity index (χ4n) is 7.01. The van der Waals surface area contributed by atoms with Crippen LogP contribution in [0.1, 0.15) is 0 Å². The van der Waals surface area contributed by atoms with Gasteiger partial charge in [0.1, 0.15) is 0 Å². The summed E-state index contributed by atoms with van der Waals surface area (Å²) in [5, 5.41) is 7.77. The van der Waals surface area contributed by atoms with E-state index in [1.54, 1.807) is 0 Å². The van der Waals surface area contributed by atoms with Crippen LogP contribution in [-0.4, -0.2) is 0 Å². The standard InChI is InChI=1S/C42H26S/c1-2-12-27(13-3-1)29-15-10-16-30(26-29)39-31-17-4-6-19-33(31)41(34-20-7-5-18-32(34)39)36-25-24-28-14-11-23-38-40(28)42(36)35-21-8-9-22-37(35)43-38/h1-26H. The Morgan fingerprint density at radius 2 is 0.907 bits per heavy atom. The van der Waals surface area contributed by atoms with Crippen molar-refractivity contribution in [3.8, 4) is 44.5 Å². The molecule has 1 aliphatic heterocycles. The molecule has 8 aromatic rings. The van der Waals surface area contributed by atoms with Gasteiger partial charge in [-0.05, 0) is 89.6 Å². The van der Waals surface area contributed by atoms with Gasteiger partial charge in [-0.3, -0.25) is 0 Å². The van der Waals surface area contributed by atoms with Crippen LogP contribution in [0.25, 0.3) is 76.8 Å². The lowest BCUT2D eigenvalue weighted by atomic mass is 9.82. The highest BCUT2D eigenvalue weighted by atomic mass is 32.2. The molecule has 0 fully saturated rings. The lowest BCUT2D eigenvalue weighted by Gasteiger charge is -2.25. The van der Waals surface area contributed by atoms with E-state index in [-0.39, 0.29) is 0 Å². The molecule has 0 atom stereocenters. The lowest BCUT2D eigenvalue weighted by molar-refractivity contribution is 1.40. The van der Waals surface area contributed by atoms with Gasteiger partial charge in [0, 0.05) is 15.2 Å². The molecule has 0 aliphatic carbocycles. The van der Waals surface area contributed by atoms with Crippen LogP contribution in [0.3, 0.4) is 0 Å². The Morgan fingerprint density at radius 1 is 0.326 bits per heavy atom. The number of hydrogen-bond donors (Lipinski definition) is 0. The molecular weight excluding hydrogens is 537 g/mol. The van der Waals surface area contributed by atoms with E-state index in [1.165, 1.54) is 86.6 Å².